The Balaban J connectivity index is 1.65. The number of carbonyl (C=O) groups is 1. The molecule has 1 heterocycles. The number of rotatable bonds is 8. The van der Waals surface area contributed by atoms with Crippen molar-refractivity contribution in [3.63, 3.8) is 0 Å². The van der Waals surface area contributed by atoms with E-state index in [4.69, 9.17) is 13.9 Å². The molecule has 0 spiro atoms. The molecule has 0 aliphatic rings. The summed E-state index contributed by atoms with van der Waals surface area (Å²) in [5.41, 5.74) is 8.88. The Morgan fingerprint density at radius 1 is 0.844 bits per heavy atom. The minimum absolute atomic E-state index is 0.212. The Bertz CT molecular complexity index is 1080. The van der Waals surface area contributed by atoms with Crippen LogP contribution in [-0.4, -0.2) is 26.7 Å². The molecule has 0 aliphatic heterocycles. The zero-order valence-electron chi connectivity index (χ0n) is 20.1. The van der Waals surface area contributed by atoms with E-state index in [2.05, 4.69) is 39.9 Å². The molecule has 5 heteroatoms. The number of carbonyl (C=O) groups excluding carboxylic acids is 1. The highest BCUT2D eigenvalue weighted by atomic mass is 16.5. The number of hydrogen-bond acceptors (Lipinski definition) is 4. The molecule has 0 unspecified atom stereocenters. The van der Waals surface area contributed by atoms with Gasteiger partial charge in [0.25, 0.3) is 5.91 Å². The molecule has 32 heavy (non-hydrogen) atoms. The molecule has 0 radical (unpaired) electrons. The second kappa shape index (κ2) is 9.94. The van der Waals surface area contributed by atoms with Gasteiger partial charge in [-0.15, -0.1) is 0 Å². The number of hydrogen-bond donors (Lipinski definition) is 1. The molecule has 0 aliphatic carbocycles. The lowest BCUT2D eigenvalue weighted by Gasteiger charge is -2.18. The fourth-order valence-electron chi connectivity index (χ4n) is 4.03. The summed E-state index contributed by atoms with van der Waals surface area (Å²) < 4.78 is 16.5. The Hall–Kier alpha value is -3.21. The van der Waals surface area contributed by atoms with Crippen LogP contribution in [0.3, 0.4) is 0 Å². The zero-order valence-corrected chi connectivity index (χ0v) is 20.1. The van der Waals surface area contributed by atoms with Crippen molar-refractivity contribution in [2.45, 2.75) is 47.5 Å². The van der Waals surface area contributed by atoms with Crippen molar-refractivity contribution in [3.05, 3.63) is 80.8 Å². The monoisotopic (exact) mass is 435 g/mol. The normalized spacial score (nSPS) is 10.8. The van der Waals surface area contributed by atoms with Crippen LogP contribution in [0.25, 0.3) is 0 Å². The largest absolute Gasteiger partial charge is 0.497 e. The van der Waals surface area contributed by atoms with Crippen molar-refractivity contribution in [1.82, 2.24) is 5.32 Å². The third-order valence-electron chi connectivity index (χ3n) is 6.50. The Labute approximate surface area is 190 Å². The van der Waals surface area contributed by atoms with Crippen molar-refractivity contribution in [3.8, 4) is 11.5 Å². The lowest BCUT2D eigenvalue weighted by Crippen LogP contribution is -2.25. The average Bonchev–Trinajstić information content (AvgIpc) is 3.27. The van der Waals surface area contributed by atoms with Gasteiger partial charge in [0.2, 0.25) is 0 Å². The van der Waals surface area contributed by atoms with Crippen LogP contribution in [0.2, 0.25) is 0 Å². The zero-order chi connectivity index (χ0) is 23.4. The minimum atomic E-state index is -0.212. The van der Waals surface area contributed by atoms with Gasteiger partial charge in [0.1, 0.15) is 17.3 Å². The van der Waals surface area contributed by atoms with Gasteiger partial charge in [-0.1, -0.05) is 0 Å². The Morgan fingerprint density at radius 2 is 1.41 bits per heavy atom. The van der Waals surface area contributed by atoms with Crippen LogP contribution in [0.15, 0.2) is 34.7 Å². The van der Waals surface area contributed by atoms with Gasteiger partial charge in [-0.2, -0.15) is 0 Å². The number of benzene rings is 2. The third-order valence-corrected chi connectivity index (χ3v) is 6.50. The first-order valence-electron chi connectivity index (χ1n) is 10.9. The van der Waals surface area contributed by atoms with Crippen LogP contribution in [0.1, 0.15) is 55.3 Å². The third kappa shape index (κ3) is 4.98. The molecule has 0 saturated heterocycles. The predicted molar refractivity (Wildman–Crippen MR) is 127 cm³/mol. The highest BCUT2D eigenvalue weighted by molar-refractivity contribution is 5.91. The van der Waals surface area contributed by atoms with Crippen molar-refractivity contribution in [2.24, 2.45) is 0 Å². The SMILES string of the molecule is COc1cc(CCNC(=O)c2ccc(Cc3c(C)c(C)c(C)c(C)c3C)o2)cc(OC)c1. The number of furan rings is 1. The van der Waals surface area contributed by atoms with Gasteiger partial charge in [-0.3, -0.25) is 4.79 Å². The molecular formula is C27H33NO4. The van der Waals surface area contributed by atoms with Gasteiger partial charge in [0, 0.05) is 19.0 Å². The van der Waals surface area contributed by atoms with Gasteiger partial charge < -0.3 is 19.2 Å². The lowest BCUT2D eigenvalue weighted by molar-refractivity contribution is 0.0925. The molecule has 0 saturated carbocycles. The first-order valence-corrected chi connectivity index (χ1v) is 10.9. The second-order valence-corrected chi connectivity index (χ2v) is 8.27. The molecule has 0 atom stereocenters. The maximum Gasteiger partial charge on any atom is 0.287 e. The summed E-state index contributed by atoms with van der Waals surface area (Å²) in [5.74, 6) is 2.37. The fourth-order valence-corrected chi connectivity index (χ4v) is 4.03. The molecule has 0 fully saturated rings. The van der Waals surface area contributed by atoms with E-state index in [1.807, 2.05) is 24.3 Å². The summed E-state index contributed by atoms with van der Waals surface area (Å²) in [6.45, 7) is 11.3. The lowest BCUT2D eigenvalue weighted by atomic mass is 9.88. The Kier molecular flexibility index (Phi) is 7.29. The molecule has 170 valence electrons. The van der Waals surface area contributed by atoms with Crippen molar-refractivity contribution >= 4 is 5.91 Å². The van der Waals surface area contributed by atoms with Gasteiger partial charge in [0.05, 0.1) is 14.2 Å². The molecule has 3 aromatic rings. The van der Waals surface area contributed by atoms with Gasteiger partial charge in [-0.25, -0.2) is 0 Å². The van der Waals surface area contributed by atoms with E-state index < -0.39 is 0 Å². The second-order valence-electron chi connectivity index (χ2n) is 8.27. The summed E-state index contributed by atoms with van der Waals surface area (Å²) in [6.07, 6.45) is 1.34. The van der Waals surface area contributed by atoms with Crippen molar-refractivity contribution < 1.29 is 18.7 Å². The van der Waals surface area contributed by atoms with E-state index in [9.17, 15) is 4.79 Å². The van der Waals surface area contributed by atoms with E-state index in [0.29, 0.717) is 25.1 Å². The van der Waals surface area contributed by atoms with E-state index in [1.165, 1.54) is 33.4 Å². The maximum absolute atomic E-state index is 12.6. The maximum atomic E-state index is 12.6. The smallest absolute Gasteiger partial charge is 0.287 e. The molecule has 0 bridgehead atoms. The van der Waals surface area contributed by atoms with E-state index in [1.54, 1.807) is 20.3 Å². The number of methoxy groups -OCH3 is 2. The van der Waals surface area contributed by atoms with Gasteiger partial charge in [-0.05, 0) is 104 Å². The van der Waals surface area contributed by atoms with Crippen LogP contribution >= 0.6 is 0 Å². The highest BCUT2D eigenvalue weighted by Gasteiger charge is 2.16. The molecule has 5 nitrogen and oxygen atoms in total. The standard InChI is InChI=1S/C27H33NO4/c1-16-17(2)19(4)25(20(5)18(16)3)15-22-8-9-26(32-22)27(29)28-11-10-21-12-23(30-6)14-24(13-21)31-7/h8-9,12-14H,10-11,15H2,1-7H3,(H,28,29). The van der Waals surface area contributed by atoms with Crippen LogP contribution in [-0.2, 0) is 12.8 Å². The van der Waals surface area contributed by atoms with E-state index in [0.717, 1.165) is 22.8 Å². The average molecular weight is 436 g/mol. The van der Waals surface area contributed by atoms with Crippen LogP contribution in [0, 0.1) is 34.6 Å². The van der Waals surface area contributed by atoms with Crippen molar-refractivity contribution in [2.75, 3.05) is 20.8 Å². The van der Waals surface area contributed by atoms with Crippen LogP contribution < -0.4 is 14.8 Å². The summed E-state index contributed by atoms with van der Waals surface area (Å²) in [7, 11) is 3.24. The van der Waals surface area contributed by atoms with E-state index >= 15 is 0 Å². The quantitative estimate of drug-likeness (QED) is 0.514. The number of nitrogens with one attached hydrogen (secondary N) is 1. The summed E-state index contributed by atoms with van der Waals surface area (Å²) in [4.78, 5) is 12.6. The molecule has 1 aromatic heterocycles. The summed E-state index contributed by atoms with van der Waals surface area (Å²) in [6, 6.07) is 9.35. The molecular weight excluding hydrogens is 402 g/mol. The number of amides is 1. The number of ether oxygens (including phenoxy) is 2. The summed E-state index contributed by atoms with van der Waals surface area (Å²) in [5, 5.41) is 2.93. The summed E-state index contributed by atoms with van der Waals surface area (Å²) >= 11 is 0. The first kappa shape index (κ1) is 23.5. The van der Waals surface area contributed by atoms with Crippen LogP contribution in [0.5, 0.6) is 11.5 Å². The van der Waals surface area contributed by atoms with Crippen LogP contribution in [0.4, 0.5) is 0 Å². The highest BCUT2D eigenvalue weighted by Crippen LogP contribution is 2.28. The van der Waals surface area contributed by atoms with Gasteiger partial charge in [0.15, 0.2) is 5.76 Å². The predicted octanol–water partition coefficient (Wildman–Crippen LogP) is 5.40. The molecule has 2 aromatic carbocycles. The minimum Gasteiger partial charge on any atom is -0.497 e. The molecule has 1 amide bonds. The molecule has 1 N–H and O–H groups in total. The van der Waals surface area contributed by atoms with E-state index in [-0.39, 0.29) is 5.91 Å². The van der Waals surface area contributed by atoms with Crippen molar-refractivity contribution in [1.29, 1.82) is 0 Å². The topological polar surface area (TPSA) is 60.7 Å². The van der Waals surface area contributed by atoms with Gasteiger partial charge >= 0.3 is 0 Å². The fraction of sp³-hybridized carbons (Fsp3) is 0.370. The first-order chi connectivity index (χ1) is 15.2. The Morgan fingerprint density at radius 3 is 1.97 bits per heavy atom. The molecule has 3 rings (SSSR count).